The molecule has 0 aliphatic carbocycles. The molecule has 3 unspecified atom stereocenters. The number of rotatable bonds is 9. The molecule has 144 valence electrons. The van der Waals surface area contributed by atoms with Crippen molar-refractivity contribution in [2.45, 2.75) is 80.8 Å². The summed E-state index contributed by atoms with van der Waals surface area (Å²) in [5.74, 6) is 1.70. The van der Waals surface area contributed by atoms with E-state index in [0.29, 0.717) is 23.9 Å². The summed E-state index contributed by atoms with van der Waals surface area (Å²) >= 11 is 0. The van der Waals surface area contributed by atoms with Crippen molar-refractivity contribution >= 4 is 0 Å². The maximum absolute atomic E-state index is 4.43. The predicted molar refractivity (Wildman–Crippen MR) is 112 cm³/mol. The van der Waals surface area contributed by atoms with Gasteiger partial charge < -0.3 is 9.80 Å². The summed E-state index contributed by atoms with van der Waals surface area (Å²) in [6, 6.07) is 0. The lowest BCUT2D eigenvalue weighted by Crippen LogP contribution is -2.38. The van der Waals surface area contributed by atoms with Crippen LogP contribution in [0, 0.1) is 17.8 Å². The molecule has 1 aliphatic rings. The van der Waals surface area contributed by atoms with Crippen molar-refractivity contribution in [3.8, 4) is 0 Å². The first kappa shape index (κ1) is 21.9. The van der Waals surface area contributed by atoms with Gasteiger partial charge in [0.1, 0.15) is 0 Å². The van der Waals surface area contributed by atoms with Crippen LogP contribution < -0.4 is 0 Å². The van der Waals surface area contributed by atoms with Crippen molar-refractivity contribution in [2.24, 2.45) is 17.8 Å². The van der Waals surface area contributed by atoms with Crippen LogP contribution >= 0.6 is 0 Å². The lowest BCUT2D eigenvalue weighted by Gasteiger charge is -2.37. The first-order chi connectivity index (χ1) is 11.6. The van der Waals surface area contributed by atoms with E-state index in [4.69, 9.17) is 0 Å². The molecular weight excluding hydrogens is 304 g/mol. The second-order valence-electron chi connectivity index (χ2n) is 8.47. The molecule has 0 aromatic carbocycles. The van der Waals surface area contributed by atoms with E-state index in [9.17, 15) is 0 Å². The van der Waals surface area contributed by atoms with Gasteiger partial charge in [-0.25, -0.2) is 0 Å². The molecule has 0 bridgehead atoms. The molecule has 2 nitrogen and oxygen atoms in total. The molecule has 0 radical (unpaired) electrons. The van der Waals surface area contributed by atoms with Crippen LogP contribution in [-0.2, 0) is 0 Å². The Labute approximate surface area is 157 Å². The van der Waals surface area contributed by atoms with Crippen molar-refractivity contribution in [2.75, 3.05) is 13.1 Å². The van der Waals surface area contributed by atoms with Crippen molar-refractivity contribution in [1.29, 1.82) is 0 Å². The van der Waals surface area contributed by atoms with Crippen molar-refractivity contribution in [3.63, 3.8) is 0 Å². The second-order valence-corrected chi connectivity index (χ2v) is 8.47. The third kappa shape index (κ3) is 5.39. The summed E-state index contributed by atoms with van der Waals surface area (Å²) in [4.78, 5) is 5.15. The van der Waals surface area contributed by atoms with Crippen LogP contribution in [0.1, 0.15) is 74.7 Å². The smallest absolute Gasteiger partial charge is 0.0982 e. The van der Waals surface area contributed by atoms with E-state index in [1.165, 1.54) is 41.8 Å². The van der Waals surface area contributed by atoms with Gasteiger partial charge in [-0.1, -0.05) is 58.4 Å². The maximum Gasteiger partial charge on any atom is 0.0982 e. The molecule has 1 rings (SSSR count). The summed E-state index contributed by atoms with van der Waals surface area (Å²) in [6.07, 6.45) is 4.02. The van der Waals surface area contributed by atoms with E-state index >= 15 is 0 Å². The summed E-state index contributed by atoms with van der Waals surface area (Å²) in [5, 5.41) is 0. The molecule has 25 heavy (non-hydrogen) atoms. The van der Waals surface area contributed by atoms with Crippen LogP contribution in [0.15, 0.2) is 35.7 Å². The molecule has 0 aromatic rings. The molecule has 1 heterocycles. The fourth-order valence-electron chi connectivity index (χ4n) is 4.25. The second kappa shape index (κ2) is 9.50. The maximum atomic E-state index is 4.43. The third-order valence-corrected chi connectivity index (χ3v) is 5.98. The zero-order valence-electron chi connectivity index (χ0n) is 18.2. The third-order valence-electron chi connectivity index (χ3n) is 5.98. The highest BCUT2D eigenvalue weighted by molar-refractivity contribution is 5.17. The summed E-state index contributed by atoms with van der Waals surface area (Å²) in [7, 11) is 0. The highest BCUT2D eigenvalue weighted by Gasteiger charge is 2.33. The van der Waals surface area contributed by atoms with E-state index in [0.717, 1.165) is 13.1 Å². The molecule has 1 aliphatic heterocycles. The quantitative estimate of drug-likeness (QED) is 0.444. The van der Waals surface area contributed by atoms with E-state index in [1.54, 1.807) is 0 Å². The van der Waals surface area contributed by atoms with E-state index in [-0.39, 0.29) is 0 Å². The van der Waals surface area contributed by atoms with Gasteiger partial charge in [-0.3, -0.25) is 0 Å². The van der Waals surface area contributed by atoms with Crippen molar-refractivity contribution < 1.29 is 0 Å². The van der Waals surface area contributed by atoms with Gasteiger partial charge >= 0.3 is 0 Å². The molecule has 1 fully saturated rings. The SMILES string of the molecule is C=C(C)[C@H](C)CC(C)C(=C(C)C)N1CCN(C(=C)C(C)CCC)C1C. The largest absolute Gasteiger partial charge is 0.353 e. The minimum Gasteiger partial charge on any atom is -0.353 e. The Bertz CT molecular complexity index is 498. The zero-order valence-corrected chi connectivity index (χ0v) is 18.2. The Hall–Kier alpha value is -1.18. The monoisotopic (exact) mass is 346 g/mol. The average Bonchev–Trinajstić information content (AvgIpc) is 2.88. The zero-order chi connectivity index (χ0) is 19.3. The summed E-state index contributed by atoms with van der Waals surface area (Å²) in [6.45, 7) is 29.1. The van der Waals surface area contributed by atoms with E-state index < -0.39 is 0 Å². The number of hydrogen-bond donors (Lipinski definition) is 0. The standard InChI is InChI=1S/C23H42N2/c1-11-12-18(6)21(9)24-13-14-25(22(24)10)23(17(4)5)20(8)15-19(7)16(2)3/h18-20,22H,2,9,11-15H2,1,3-8,10H3/t18?,19-,20?,22?/m1/s1. The minimum atomic E-state index is 0.402. The fraction of sp³-hybridized carbons (Fsp3) is 0.739. The number of allylic oxidation sites excluding steroid dienone is 4. The molecular formula is C23H42N2. The van der Waals surface area contributed by atoms with Gasteiger partial charge in [0.25, 0.3) is 0 Å². The topological polar surface area (TPSA) is 6.48 Å². The molecule has 2 heteroatoms. The Balaban J connectivity index is 2.92. The Morgan fingerprint density at radius 1 is 0.960 bits per heavy atom. The lowest BCUT2D eigenvalue weighted by molar-refractivity contribution is 0.186. The van der Waals surface area contributed by atoms with Crippen LogP contribution in [0.3, 0.4) is 0 Å². The van der Waals surface area contributed by atoms with Crippen LogP contribution in [0.4, 0.5) is 0 Å². The van der Waals surface area contributed by atoms with E-state index in [2.05, 4.69) is 78.3 Å². The van der Waals surface area contributed by atoms with Crippen LogP contribution in [0.2, 0.25) is 0 Å². The van der Waals surface area contributed by atoms with Crippen LogP contribution in [0.5, 0.6) is 0 Å². The van der Waals surface area contributed by atoms with Gasteiger partial charge in [0.05, 0.1) is 6.17 Å². The fourth-order valence-corrected chi connectivity index (χ4v) is 4.25. The van der Waals surface area contributed by atoms with Gasteiger partial charge in [-0.05, 0) is 58.3 Å². The molecule has 1 saturated heterocycles. The summed E-state index contributed by atoms with van der Waals surface area (Å²) in [5.41, 5.74) is 5.58. The Morgan fingerprint density at radius 3 is 2.00 bits per heavy atom. The van der Waals surface area contributed by atoms with Gasteiger partial charge in [0.15, 0.2) is 0 Å². The normalized spacial score (nSPS) is 21.0. The first-order valence-corrected chi connectivity index (χ1v) is 10.2. The summed E-state index contributed by atoms with van der Waals surface area (Å²) < 4.78 is 0. The van der Waals surface area contributed by atoms with Crippen molar-refractivity contribution in [3.05, 3.63) is 35.7 Å². The highest BCUT2D eigenvalue weighted by Crippen LogP contribution is 2.34. The Kier molecular flexibility index (Phi) is 8.31. The predicted octanol–water partition coefficient (Wildman–Crippen LogP) is 6.43. The first-order valence-electron chi connectivity index (χ1n) is 10.2. The van der Waals surface area contributed by atoms with Gasteiger partial charge in [0, 0.05) is 24.5 Å². The molecule has 0 spiro atoms. The van der Waals surface area contributed by atoms with Gasteiger partial charge in [-0.15, -0.1) is 0 Å². The number of hydrogen-bond acceptors (Lipinski definition) is 2. The molecule has 0 N–H and O–H groups in total. The van der Waals surface area contributed by atoms with Crippen molar-refractivity contribution in [1.82, 2.24) is 9.80 Å². The molecule has 0 aromatic heterocycles. The van der Waals surface area contributed by atoms with E-state index in [1.807, 2.05) is 0 Å². The lowest BCUT2D eigenvalue weighted by atomic mass is 9.88. The molecule has 4 atom stereocenters. The number of nitrogens with zero attached hydrogens (tertiary/aromatic N) is 2. The molecule has 0 saturated carbocycles. The van der Waals surface area contributed by atoms with Crippen LogP contribution in [0.25, 0.3) is 0 Å². The highest BCUT2D eigenvalue weighted by atomic mass is 15.4. The average molecular weight is 347 g/mol. The Morgan fingerprint density at radius 2 is 1.52 bits per heavy atom. The van der Waals surface area contributed by atoms with Crippen LogP contribution in [-0.4, -0.2) is 29.1 Å². The minimum absolute atomic E-state index is 0.402. The van der Waals surface area contributed by atoms with Gasteiger partial charge in [0.2, 0.25) is 0 Å². The molecule has 0 amide bonds. The van der Waals surface area contributed by atoms with Gasteiger partial charge in [-0.2, -0.15) is 0 Å².